The minimum atomic E-state index is -0.544. The molecule has 0 spiro atoms. The van der Waals surface area contributed by atoms with Crippen LogP contribution in [0.15, 0.2) is 71.1 Å². The van der Waals surface area contributed by atoms with E-state index in [1.807, 2.05) is 42.5 Å². The molecule has 1 heterocycles. The molecule has 7 heteroatoms. The third-order valence-corrected chi connectivity index (χ3v) is 4.82. The Bertz CT molecular complexity index is 980. The minimum absolute atomic E-state index is 0.0848. The maximum atomic E-state index is 12.3. The van der Waals surface area contributed by atoms with E-state index in [-0.39, 0.29) is 12.4 Å². The second kappa shape index (κ2) is 11.0. The molecule has 2 aromatic carbocycles. The van der Waals surface area contributed by atoms with Gasteiger partial charge >= 0.3 is 5.91 Å². The van der Waals surface area contributed by atoms with E-state index in [1.165, 1.54) is 6.07 Å². The predicted molar refractivity (Wildman–Crippen MR) is 117 cm³/mol. The van der Waals surface area contributed by atoms with Gasteiger partial charge in [-0.25, -0.2) is 0 Å². The first-order valence-corrected chi connectivity index (χ1v) is 10.3. The number of carbonyl (C=O) groups excluding carboxylic acids is 2. The Hall–Kier alpha value is -3.58. The number of hydrogen-bond donors (Lipinski definition) is 2. The molecule has 31 heavy (non-hydrogen) atoms. The quantitative estimate of drug-likeness (QED) is 0.514. The van der Waals surface area contributed by atoms with Gasteiger partial charge in [0, 0.05) is 12.1 Å². The third kappa shape index (κ3) is 6.45. The van der Waals surface area contributed by atoms with Gasteiger partial charge in [0.1, 0.15) is 18.1 Å². The van der Waals surface area contributed by atoms with Crippen molar-refractivity contribution in [2.24, 2.45) is 0 Å². The van der Waals surface area contributed by atoms with Gasteiger partial charge in [0.05, 0.1) is 0 Å². The Morgan fingerprint density at radius 3 is 2.23 bits per heavy atom. The average molecular weight is 421 g/mol. The van der Waals surface area contributed by atoms with Crippen molar-refractivity contribution in [3.05, 3.63) is 89.4 Å². The molecule has 0 aliphatic rings. The predicted octanol–water partition coefficient (Wildman–Crippen LogP) is 3.78. The summed E-state index contributed by atoms with van der Waals surface area (Å²) in [6.45, 7) is 7.21. The Labute approximate surface area is 182 Å². The zero-order chi connectivity index (χ0) is 22.1. The van der Waals surface area contributed by atoms with Crippen molar-refractivity contribution in [3.63, 3.8) is 0 Å². The van der Waals surface area contributed by atoms with Crippen LogP contribution in [0.4, 0.5) is 0 Å². The highest BCUT2D eigenvalue weighted by molar-refractivity contribution is 5.97. The van der Waals surface area contributed by atoms with Crippen LogP contribution in [-0.4, -0.2) is 29.8 Å². The Morgan fingerprint density at radius 2 is 1.55 bits per heavy atom. The van der Waals surface area contributed by atoms with Gasteiger partial charge in [-0.1, -0.05) is 44.2 Å². The summed E-state index contributed by atoms with van der Waals surface area (Å²) in [6, 6.07) is 19.8. The van der Waals surface area contributed by atoms with Crippen molar-refractivity contribution in [3.8, 4) is 5.75 Å². The number of nitrogens with zero attached hydrogens (tertiary/aromatic N) is 1. The second-order valence-corrected chi connectivity index (χ2v) is 6.93. The molecule has 2 amide bonds. The number of carbonyl (C=O) groups is 2. The lowest BCUT2D eigenvalue weighted by atomic mass is 10.1. The first-order valence-electron chi connectivity index (χ1n) is 10.3. The van der Waals surface area contributed by atoms with Crippen molar-refractivity contribution < 1.29 is 18.7 Å². The number of ether oxygens (including phenoxy) is 1. The summed E-state index contributed by atoms with van der Waals surface area (Å²) in [7, 11) is 0. The number of hydrogen-bond acceptors (Lipinski definition) is 5. The molecule has 0 radical (unpaired) electrons. The summed E-state index contributed by atoms with van der Waals surface area (Å²) < 4.78 is 11.1. The molecular formula is C24H27N3O4. The number of hydrazine groups is 1. The number of furan rings is 1. The second-order valence-electron chi connectivity index (χ2n) is 6.93. The van der Waals surface area contributed by atoms with Crippen molar-refractivity contribution in [1.29, 1.82) is 0 Å². The lowest BCUT2D eigenvalue weighted by Gasteiger charge is -2.18. The zero-order valence-electron chi connectivity index (χ0n) is 17.8. The standard InChI is InChI=1S/C24H27N3O4/c1-3-27(4-2)16-18-10-12-19(13-11-18)23(28)25-26-24(29)22-15-14-21(31-22)17-30-20-8-6-5-7-9-20/h5-15H,3-4,16-17H2,1-2H3,(H,25,28)(H,26,29). The molecule has 162 valence electrons. The maximum absolute atomic E-state index is 12.3. The summed E-state index contributed by atoms with van der Waals surface area (Å²) in [4.78, 5) is 26.8. The first kappa shape index (κ1) is 22.1. The van der Waals surface area contributed by atoms with Crippen LogP contribution in [0.5, 0.6) is 5.75 Å². The lowest BCUT2D eigenvalue weighted by molar-refractivity contribution is 0.0828. The fourth-order valence-corrected chi connectivity index (χ4v) is 2.96. The first-order chi connectivity index (χ1) is 15.1. The van der Waals surface area contributed by atoms with Gasteiger partial charge < -0.3 is 9.15 Å². The van der Waals surface area contributed by atoms with Crippen molar-refractivity contribution in [2.75, 3.05) is 13.1 Å². The molecule has 2 N–H and O–H groups in total. The fourth-order valence-electron chi connectivity index (χ4n) is 2.96. The van der Waals surface area contributed by atoms with Crippen LogP contribution in [0, 0.1) is 0 Å². The lowest BCUT2D eigenvalue weighted by Crippen LogP contribution is -2.41. The molecule has 0 fully saturated rings. The Balaban J connectivity index is 1.48. The van der Waals surface area contributed by atoms with Gasteiger partial charge in [-0.15, -0.1) is 0 Å². The molecule has 0 aliphatic carbocycles. The van der Waals surface area contributed by atoms with Crippen LogP contribution >= 0.6 is 0 Å². The van der Waals surface area contributed by atoms with Crippen molar-refractivity contribution in [1.82, 2.24) is 15.8 Å². The Morgan fingerprint density at radius 1 is 0.871 bits per heavy atom. The van der Waals surface area contributed by atoms with Gasteiger partial charge in [0.15, 0.2) is 5.76 Å². The van der Waals surface area contributed by atoms with Gasteiger partial charge in [0.2, 0.25) is 0 Å². The summed E-state index contributed by atoms with van der Waals surface area (Å²) in [5.74, 6) is 0.352. The van der Waals surface area contributed by atoms with Crippen LogP contribution in [-0.2, 0) is 13.2 Å². The number of amides is 2. The zero-order valence-corrected chi connectivity index (χ0v) is 17.8. The number of benzene rings is 2. The normalized spacial score (nSPS) is 10.7. The van der Waals surface area contributed by atoms with Gasteiger partial charge in [-0.05, 0) is 55.1 Å². The number of rotatable bonds is 9. The Kier molecular flexibility index (Phi) is 7.84. The van der Waals surface area contributed by atoms with Crippen LogP contribution in [0.1, 0.15) is 46.1 Å². The molecule has 0 saturated carbocycles. The number of nitrogens with one attached hydrogen (secondary N) is 2. The van der Waals surface area contributed by atoms with E-state index in [2.05, 4.69) is 29.6 Å². The van der Waals surface area contributed by atoms with Gasteiger partial charge in [0.25, 0.3) is 5.91 Å². The molecule has 7 nitrogen and oxygen atoms in total. The molecule has 3 aromatic rings. The molecule has 0 bridgehead atoms. The molecule has 1 aromatic heterocycles. The molecule has 0 aliphatic heterocycles. The van der Waals surface area contributed by atoms with Crippen LogP contribution in [0.2, 0.25) is 0 Å². The van der Waals surface area contributed by atoms with E-state index in [4.69, 9.17) is 9.15 Å². The topological polar surface area (TPSA) is 83.8 Å². The molecular weight excluding hydrogens is 394 g/mol. The van der Waals surface area contributed by atoms with Crippen LogP contribution in [0.25, 0.3) is 0 Å². The molecule has 3 rings (SSSR count). The van der Waals surface area contributed by atoms with E-state index in [0.717, 1.165) is 25.2 Å². The smallest absolute Gasteiger partial charge is 0.305 e. The highest BCUT2D eigenvalue weighted by Gasteiger charge is 2.13. The van der Waals surface area contributed by atoms with Crippen LogP contribution < -0.4 is 15.6 Å². The highest BCUT2D eigenvalue weighted by atomic mass is 16.5. The monoisotopic (exact) mass is 421 g/mol. The fraction of sp³-hybridized carbons (Fsp3) is 0.250. The van der Waals surface area contributed by atoms with E-state index in [0.29, 0.717) is 17.1 Å². The summed E-state index contributed by atoms with van der Waals surface area (Å²) in [6.07, 6.45) is 0. The van der Waals surface area contributed by atoms with Crippen molar-refractivity contribution >= 4 is 11.8 Å². The van der Waals surface area contributed by atoms with E-state index >= 15 is 0 Å². The summed E-state index contributed by atoms with van der Waals surface area (Å²) in [5.41, 5.74) is 6.36. The van der Waals surface area contributed by atoms with Gasteiger partial charge in [-0.3, -0.25) is 25.3 Å². The molecule has 0 saturated heterocycles. The van der Waals surface area contributed by atoms with E-state index in [9.17, 15) is 9.59 Å². The average Bonchev–Trinajstić information content (AvgIpc) is 3.29. The maximum Gasteiger partial charge on any atom is 0.305 e. The van der Waals surface area contributed by atoms with Crippen molar-refractivity contribution in [2.45, 2.75) is 27.0 Å². The van der Waals surface area contributed by atoms with E-state index in [1.54, 1.807) is 18.2 Å². The number of para-hydroxylation sites is 1. The highest BCUT2D eigenvalue weighted by Crippen LogP contribution is 2.14. The molecule has 0 unspecified atom stereocenters. The largest absolute Gasteiger partial charge is 0.486 e. The van der Waals surface area contributed by atoms with Gasteiger partial charge in [-0.2, -0.15) is 0 Å². The van der Waals surface area contributed by atoms with Crippen LogP contribution in [0.3, 0.4) is 0 Å². The summed E-state index contributed by atoms with van der Waals surface area (Å²) in [5, 5.41) is 0. The van der Waals surface area contributed by atoms with E-state index < -0.39 is 11.8 Å². The SMILES string of the molecule is CCN(CC)Cc1ccc(C(=O)NNC(=O)c2ccc(COc3ccccc3)o2)cc1. The summed E-state index contributed by atoms with van der Waals surface area (Å²) >= 11 is 0. The third-order valence-electron chi connectivity index (χ3n) is 4.82. The minimum Gasteiger partial charge on any atom is -0.486 e. The molecule has 0 atom stereocenters.